The molecule has 5 heteroatoms. The number of aromatic nitrogens is 1. The lowest BCUT2D eigenvalue weighted by atomic mass is 10.2. The van der Waals surface area contributed by atoms with Crippen molar-refractivity contribution in [2.24, 2.45) is 0 Å². The number of nitrogens with zero attached hydrogens (tertiary/aromatic N) is 1. The van der Waals surface area contributed by atoms with Crippen molar-refractivity contribution in [1.82, 2.24) is 10.3 Å². The fourth-order valence-electron chi connectivity index (χ4n) is 1.62. The van der Waals surface area contributed by atoms with Crippen LogP contribution in [0.3, 0.4) is 0 Å². The SMILES string of the molecule is Cc1nc(C(=O)NCc2ccc(O)cc2)c(C)s1. The molecule has 1 heterocycles. The maximum Gasteiger partial charge on any atom is 0.271 e. The van der Waals surface area contributed by atoms with Gasteiger partial charge in [-0.25, -0.2) is 4.98 Å². The zero-order valence-electron chi connectivity index (χ0n) is 10.2. The molecule has 0 aliphatic carbocycles. The zero-order chi connectivity index (χ0) is 13.1. The Morgan fingerprint density at radius 2 is 2.00 bits per heavy atom. The van der Waals surface area contributed by atoms with Crippen LogP contribution in [0.15, 0.2) is 24.3 Å². The number of hydrogen-bond donors (Lipinski definition) is 2. The third-order valence-electron chi connectivity index (χ3n) is 2.51. The van der Waals surface area contributed by atoms with Gasteiger partial charge in [0.25, 0.3) is 5.91 Å². The number of amides is 1. The summed E-state index contributed by atoms with van der Waals surface area (Å²) >= 11 is 1.52. The van der Waals surface area contributed by atoms with Crippen LogP contribution in [0.2, 0.25) is 0 Å². The van der Waals surface area contributed by atoms with Gasteiger partial charge >= 0.3 is 0 Å². The summed E-state index contributed by atoms with van der Waals surface area (Å²) < 4.78 is 0. The van der Waals surface area contributed by atoms with E-state index in [1.54, 1.807) is 24.3 Å². The molecule has 0 bridgehead atoms. The van der Waals surface area contributed by atoms with Crippen LogP contribution in [-0.2, 0) is 6.54 Å². The number of carbonyl (C=O) groups is 1. The van der Waals surface area contributed by atoms with Crippen LogP contribution < -0.4 is 5.32 Å². The highest BCUT2D eigenvalue weighted by Crippen LogP contribution is 2.16. The monoisotopic (exact) mass is 262 g/mol. The second-order valence-corrected chi connectivity index (χ2v) is 5.39. The Morgan fingerprint density at radius 1 is 1.33 bits per heavy atom. The van der Waals surface area contributed by atoms with Gasteiger partial charge in [0.2, 0.25) is 0 Å². The molecule has 2 rings (SSSR count). The number of nitrogens with one attached hydrogen (secondary N) is 1. The molecular formula is C13H14N2O2S. The Bertz CT molecular complexity index is 561. The van der Waals surface area contributed by atoms with Gasteiger partial charge in [0.15, 0.2) is 0 Å². The molecule has 0 fully saturated rings. The van der Waals surface area contributed by atoms with E-state index in [9.17, 15) is 4.79 Å². The van der Waals surface area contributed by atoms with E-state index >= 15 is 0 Å². The number of phenols is 1. The van der Waals surface area contributed by atoms with E-state index in [4.69, 9.17) is 5.11 Å². The van der Waals surface area contributed by atoms with Crippen molar-refractivity contribution in [2.75, 3.05) is 0 Å². The third kappa shape index (κ3) is 2.87. The predicted octanol–water partition coefficient (Wildman–Crippen LogP) is 2.40. The second-order valence-electron chi connectivity index (χ2n) is 3.99. The summed E-state index contributed by atoms with van der Waals surface area (Å²) in [6.07, 6.45) is 0. The van der Waals surface area contributed by atoms with E-state index in [-0.39, 0.29) is 11.7 Å². The first-order chi connectivity index (χ1) is 8.56. The van der Waals surface area contributed by atoms with Gasteiger partial charge in [-0.3, -0.25) is 4.79 Å². The number of carbonyl (C=O) groups excluding carboxylic acids is 1. The average molecular weight is 262 g/mol. The first kappa shape index (κ1) is 12.6. The van der Waals surface area contributed by atoms with Gasteiger partial charge in [-0.15, -0.1) is 11.3 Å². The fraction of sp³-hybridized carbons (Fsp3) is 0.231. The van der Waals surface area contributed by atoms with Gasteiger partial charge in [0, 0.05) is 11.4 Å². The molecule has 0 atom stereocenters. The highest BCUT2D eigenvalue weighted by Gasteiger charge is 2.13. The number of rotatable bonds is 3. The summed E-state index contributed by atoms with van der Waals surface area (Å²) in [7, 11) is 0. The molecule has 2 N–H and O–H groups in total. The van der Waals surface area contributed by atoms with Crippen molar-refractivity contribution >= 4 is 17.2 Å². The molecule has 1 amide bonds. The number of hydrogen-bond acceptors (Lipinski definition) is 4. The molecule has 1 aromatic heterocycles. The highest BCUT2D eigenvalue weighted by atomic mass is 32.1. The van der Waals surface area contributed by atoms with Crippen molar-refractivity contribution in [3.05, 3.63) is 45.4 Å². The molecule has 18 heavy (non-hydrogen) atoms. The number of aromatic hydroxyl groups is 1. The quantitative estimate of drug-likeness (QED) is 0.892. The van der Waals surface area contributed by atoms with Gasteiger partial charge in [-0.1, -0.05) is 12.1 Å². The second kappa shape index (κ2) is 5.18. The van der Waals surface area contributed by atoms with E-state index in [1.807, 2.05) is 13.8 Å². The molecule has 0 unspecified atom stereocenters. The van der Waals surface area contributed by atoms with E-state index in [2.05, 4.69) is 10.3 Å². The minimum atomic E-state index is -0.162. The van der Waals surface area contributed by atoms with E-state index in [1.165, 1.54) is 11.3 Å². The standard InChI is InChI=1S/C13H14N2O2S/c1-8-12(15-9(2)18-8)13(17)14-7-10-3-5-11(16)6-4-10/h3-6,16H,7H2,1-2H3,(H,14,17). The van der Waals surface area contributed by atoms with Gasteiger partial charge in [-0.2, -0.15) is 0 Å². The van der Waals surface area contributed by atoms with Crippen molar-refractivity contribution in [3.8, 4) is 5.75 Å². The molecule has 0 saturated carbocycles. The average Bonchev–Trinajstić information content (AvgIpc) is 2.67. The molecule has 0 radical (unpaired) electrons. The molecule has 0 saturated heterocycles. The summed E-state index contributed by atoms with van der Waals surface area (Å²) in [5, 5.41) is 12.9. The van der Waals surface area contributed by atoms with Crippen molar-refractivity contribution in [3.63, 3.8) is 0 Å². The summed E-state index contributed by atoms with van der Waals surface area (Å²) in [6, 6.07) is 6.74. The lowest BCUT2D eigenvalue weighted by Gasteiger charge is -2.04. The van der Waals surface area contributed by atoms with Gasteiger partial charge < -0.3 is 10.4 Å². The Hall–Kier alpha value is -1.88. The summed E-state index contributed by atoms with van der Waals surface area (Å²) in [4.78, 5) is 17.0. The Labute approximate surface area is 109 Å². The normalized spacial score (nSPS) is 10.3. The Morgan fingerprint density at radius 3 is 2.56 bits per heavy atom. The van der Waals surface area contributed by atoms with Crippen LogP contribution in [0.25, 0.3) is 0 Å². The number of phenolic OH excluding ortho intramolecular Hbond substituents is 1. The van der Waals surface area contributed by atoms with E-state index in [0.717, 1.165) is 15.4 Å². The minimum absolute atomic E-state index is 0.162. The lowest BCUT2D eigenvalue weighted by Crippen LogP contribution is -2.23. The van der Waals surface area contributed by atoms with Gasteiger partial charge in [-0.05, 0) is 31.5 Å². The Balaban J connectivity index is 2.00. The van der Waals surface area contributed by atoms with Gasteiger partial charge in [0.1, 0.15) is 11.4 Å². The Kier molecular flexibility index (Phi) is 3.62. The van der Waals surface area contributed by atoms with Crippen molar-refractivity contribution in [2.45, 2.75) is 20.4 Å². The maximum atomic E-state index is 11.9. The minimum Gasteiger partial charge on any atom is -0.508 e. The largest absolute Gasteiger partial charge is 0.508 e. The summed E-state index contributed by atoms with van der Waals surface area (Å²) in [6.45, 7) is 4.20. The zero-order valence-corrected chi connectivity index (χ0v) is 11.0. The lowest BCUT2D eigenvalue weighted by molar-refractivity contribution is 0.0946. The molecule has 94 valence electrons. The van der Waals surface area contributed by atoms with Gasteiger partial charge in [0.05, 0.1) is 5.01 Å². The van der Waals surface area contributed by atoms with E-state index < -0.39 is 0 Å². The van der Waals surface area contributed by atoms with Crippen LogP contribution in [-0.4, -0.2) is 16.0 Å². The molecule has 4 nitrogen and oxygen atoms in total. The highest BCUT2D eigenvalue weighted by molar-refractivity contribution is 7.11. The first-order valence-corrected chi connectivity index (χ1v) is 6.38. The molecule has 0 aliphatic rings. The van der Waals surface area contributed by atoms with Crippen LogP contribution in [0, 0.1) is 13.8 Å². The molecule has 1 aromatic carbocycles. The molecular weight excluding hydrogens is 248 g/mol. The van der Waals surface area contributed by atoms with Crippen LogP contribution in [0.5, 0.6) is 5.75 Å². The number of aryl methyl sites for hydroxylation is 2. The number of benzene rings is 1. The van der Waals surface area contributed by atoms with Crippen LogP contribution in [0.1, 0.15) is 25.9 Å². The first-order valence-electron chi connectivity index (χ1n) is 5.56. The molecule has 0 aliphatic heterocycles. The fourth-order valence-corrected chi connectivity index (χ4v) is 2.43. The van der Waals surface area contributed by atoms with Crippen molar-refractivity contribution < 1.29 is 9.90 Å². The molecule has 0 spiro atoms. The number of thiazole rings is 1. The summed E-state index contributed by atoms with van der Waals surface area (Å²) in [5.41, 5.74) is 1.43. The predicted molar refractivity (Wildman–Crippen MR) is 70.9 cm³/mol. The topological polar surface area (TPSA) is 62.2 Å². The maximum absolute atomic E-state index is 11.9. The van der Waals surface area contributed by atoms with Crippen molar-refractivity contribution in [1.29, 1.82) is 0 Å². The third-order valence-corrected chi connectivity index (χ3v) is 3.39. The van der Waals surface area contributed by atoms with Crippen LogP contribution in [0.4, 0.5) is 0 Å². The smallest absolute Gasteiger partial charge is 0.271 e. The van der Waals surface area contributed by atoms with E-state index in [0.29, 0.717) is 12.2 Å². The summed E-state index contributed by atoms with van der Waals surface area (Å²) in [5.74, 6) is 0.0565. The molecule has 2 aromatic rings. The van der Waals surface area contributed by atoms with Crippen LogP contribution >= 0.6 is 11.3 Å².